The van der Waals surface area contributed by atoms with Gasteiger partial charge in [-0.25, -0.2) is 0 Å². The smallest absolute Gasteiger partial charge is 0.231 e. The molecule has 0 saturated heterocycles. The Balaban J connectivity index is 0.000000176. The van der Waals surface area contributed by atoms with E-state index in [1.807, 2.05) is 26.0 Å². The highest BCUT2D eigenvalue weighted by Crippen LogP contribution is 2.32. The highest BCUT2D eigenvalue weighted by molar-refractivity contribution is 5.94. The van der Waals surface area contributed by atoms with E-state index in [1.165, 1.54) is 13.0 Å². The second kappa shape index (κ2) is 12.0. The first-order valence-electron chi connectivity index (χ1n) is 10.0. The number of ketones is 1. The molecule has 3 aromatic carbocycles. The number of hydrogen-bond acceptors (Lipinski definition) is 7. The predicted molar refractivity (Wildman–Crippen MR) is 124 cm³/mol. The number of carbonyl (C=O) groups is 3. The van der Waals surface area contributed by atoms with E-state index in [4.69, 9.17) is 19.3 Å². The number of benzene rings is 3. The number of phenols is 1. The van der Waals surface area contributed by atoms with Crippen molar-refractivity contribution in [1.82, 2.24) is 0 Å². The van der Waals surface area contributed by atoms with Crippen molar-refractivity contribution in [1.29, 1.82) is 0 Å². The van der Waals surface area contributed by atoms with Gasteiger partial charge in [-0.15, -0.1) is 0 Å². The lowest BCUT2D eigenvalue weighted by Crippen LogP contribution is -1.93. The van der Waals surface area contributed by atoms with E-state index in [9.17, 15) is 14.4 Å². The van der Waals surface area contributed by atoms with Gasteiger partial charge < -0.3 is 19.3 Å². The summed E-state index contributed by atoms with van der Waals surface area (Å²) in [5.41, 5.74) is 3.74. The van der Waals surface area contributed by atoms with Crippen molar-refractivity contribution in [2.45, 2.75) is 20.8 Å². The minimum Gasteiger partial charge on any atom is -0.508 e. The van der Waals surface area contributed by atoms with Crippen LogP contribution in [0.25, 0.3) is 0 Å². The maximum absolute atomic E-state index is 10.9. The summed E-state index contributed by atoms with van der Waals surface area (Å²) in [5.74, 6) is 2.27. The summed E-state index contributed by atoms with van der Waals surface area (Å²) in [5, 5.41) is 8.97. The fraction of sp³-hybridized carbons (Fsp3) is 0.192. The molecule has 172 valence electrons. The Labute approximate surface area is 192 Å². The van der Waals surface area contributed by atoms with Crippen LogP contribution in [-0.4, -0.2) is 37.4 Å². The van der Waals surface area contributed by atoms with E-state index >= 15 is 0 Å². The Morgan fingerprint density at radius 2 is 1.48 bits per heavy atom. The number of aldehydes is 2. The molecule has 1 aliphatic rings. The van der Waals surface area contributed by atoms with Crippen LogP contribution in [0.3, 0.4) is 0 Å². The number of Topliss-reactive ketones (excluding diaryl/α,β-unsaturated/α-hetero) is 1. The molecule has 1 heterocycles. The number of ether oxygens (including phenoxy) is 3. The average molecular weight is 450 g/mol. The largest absolute Gasteiger partial charge is 0.508 e. The Hall–Kier alpha value is -4.13. The highest BCUT2D eigenvalue weighted by Gasteiger charge is 2.14. The van der Waals surface area contributed by atoms with E-state index in [0.717, 1.165) is 23.2 Å². The van der Waals surface area contributed by atoms with Gasteiger partial charge in [0.2, 0.25) is 6.79 Å². The summed E-state index contributed by atoms with van der Waals surface area (Å²) in [6.45, 7) is 5.52. The monoisotopic (exact) mass is 450 g/mol. The highest BCUT2D eigenvalue weighted by atomic mass is 16.7. The zero-order valence-corrected chi connectivity index (χ0v) is 19.0. The molecule has 0 amide bonds. The first-order valence-corrected chi connectivity index (χ1v) is 10.0. The van der Waals surface area contributed by atoms with Crippen molar-refractivity contribution in [2.75, 3.05) is 13.9 Å². The van der Waals surface area contributed by atoms with E-state index < -0.39 is 0 Å². The Morgan fingerprint density at radius 3 is 2.06 bits per heavy atom. The molecule has 0 aromatic heterocycles. The summed E-state index contributed by atoms with van der Waals surface area (Å²) in [7, 11) is 1.59. The molecular weight excluding hydrogens is 424 g/mol. The molecule has 0 atom stereocenters. The molecule has 33 heavy (non-hydrogen) atoms. The van der Waals surface area contributed by atoms with E-state index in [2.05, 4.69) is 0 Å². The molecule has 0 fully saturated rings. The Kier molecular flexibility index (Phi) is 9.17. The number of hydrogen-bond donors (Lipinski definition) is 1. The van der Waals surface area contributed by atoms with Crippen molar-refractivity contribution < 1.29 is 33.7 Å². The first kappa shape index (κ1) is 25.1. The van der Waals surface area contributed by atoms with Crippen molar-refractivity contribution in [3.8, 4) is 23.0 Å². The van der Waals surface area contributed by atoms with Gasteiger partial charge in [-0.3, -0.25) is 14.4 Å². The maximum atomic E-state index is 10.9. The van der Waals surface area contributed by atoms with Crippen molar-refractivity contribution in [3.63, 3.8) is 0 Å². The molecule has 7 nitrogen and oxygen atoms in total. The number of phenolic OH excluding ortho intramolecular Hbond substituents is 1. The van der Waals surface area contributed by atoms with E-state index in [-0.39, 0.29) is 18.3 Å². The van der Waals surface area contributed by atoms with Gasteiger partial charge in [0.1, 0.15) is 24.1 Å². The molecule has 0 saturated carbocycles. The van der Waals surface area contributed by atoms with Crippen LogP contribution in [0.2, 0.25) is 0 Å². The normalized spacial score (nSPS) is 10.7. The van der Waals surface area contributed by atoms with Gasteiger partial charge in [-0.05, 0) is 86.5 Å². The molecule has 4 rings (SSSR count). The number of rotatable bonds is 4. The molecule has 1 aliphatic heterocycles. The molecular formula is C26H26O7. The number of carbonyl (C=O) groups excluding carboxylic acids is 3. The predicted octanol–water partition coefficient (Wildman–Crippen LogP) is 4.95. The average Bonchev–Trinajstić information content (AvgIpc) is 3.26. The van der Waals surface area contributed by atoms with Crippen LogP contribution in [0.5, 0.6) is 23.0 Å². The minimum atomic E-state index is 0.0355. The zero-order chi connectivity index (χ0) is 24.4. The number of aromatic hydroxyl groups is 1. The second-order valence-corrected chi connectivity index (χ2v) is 7.25. The first-order chi connectivity index (χ1) is 15.7. The lowest BCUT2D eigenvalue weighted by Gasteiger charge is -2.01. The van der Waals surface area contributed by atoms with E-state index in [0.29, 0.717) is 34.5 Å². The van der Waals surface area contributed by atoms with Gasteiger partial charge in [0.25, 0.3) is 0 Å². The van der Waals surface area contributed by atoms with Crippen molar-refractivity contribution in [3.05, 3.63) is 82.4 Å². The summed E-state index contributed by atoms with van der Waals surface area (Å²) in [6.07, 6.45) is 1.53. The Morgan fingerprint density at radius 1 is 0.879 bits per heavy atom. The van der Waals surface area contributed by atoms with Crippen molar-refractivity contribution >= 4 is 18.4 Å². The van der Waals surface area contributed by atoms with Crippen LogP contribution in [0.1, 0.15) is 49.1 Å². The third-order valence-corrected chi connectivity index (χ3v) is 4.44. The third kappa shape index (κ3) is 7.81. The minimum absolute atomic E-state index is 0.0355. The van der Waals surface area contributed by atoms with Gasteiger partial charge in [0, 0.05) is 16.7 Å². The number of fused-ring (bicyclic) bond motifs is 1. The molecule has 3 aromatic rings. The lowest BCUT2D eigenvalue weighted by atomic mass is 10.1. The zero-order valence-electron chi connectivity index (χ0n) is 19.0. The molecule has 0 bridgehead atoms. The molecule has 7 heteroatoms. The van der Waals surface area contributed by atoms with Gasteiger partial charge in [0.15, 0.2) is 17.3 Å². The number of methoxy groups -OCH3 is 1. The van der Waals surface area contributed by atoms with Crippen molar-refractivity contribution in [2.24, 2.45) is 0 Å². The van der Waals surface area contributed by atoms with Gasteiger partial charge in [-0.1, -0.05) is 0 Å². The molecule has 0 unspecified atom stereocenters. The van der Waals surface area contributed by atoms with Crippen LogP contribution in [-0.2, 0) is 0 Å². The number of aryl methyl sites for hydroxylation is 2. The third-order valence-electron chi connectivity index (χ3n) is 4.44. The fourth-order valence-electron chi connectivity index (χ4n) is 2.94. The lowest BCUT2D eigenvalue weighted by molar-refractivity contribution is 0.101. The van der Waals surface area contributed by atoms with Crippen LogP contribution in [0, 0.1) is 13.8 Å². The quantitative estimate of drug-likeness (QED) is 0.444. The molecule has 1 N–H and O–H groups in total. The Bertz CT molecular complexity index is 1120. The van der Waals surface area contributed by atoms with Crippen LogP contribution < -0.4 is 14.2 Å². The molecule has 0 aliphatic carbocycles. The maximum Gasteiger partial charge on any atom is 0.231 e. The van der Waals surface area contributed by atoms with Crippen LogP contribution in [0.15, 0.2) is 54.6 Å². The summed E-state index contributed by atoms with van der Waals surface area (Å²) in [6, 6.07) is 15.3. The van der Waals surface area contributed by atoms with Crippen LogP contribution >= 0.6 is 0 Å². The second-order valence-electron chi connectivity index (χ2n) is 7.25. The summed E-state index contributed by atoms with van der Waals surface area (Å²) >= 11 is 0. The van der Waals surface area contributed by atoms with Gasteiger partial charge >= 0.3 is 0 Å². The SMILES string of the molecule is CC(=O)c1ccc2c(c1)OCO2.COc1cc(C)cc(C=O)c1.Cc1cc(O)cc(C=O)c1. The van der Waals surface area contributed by atoms with Gasteiger partial charge in [-0.2, -0.15) is 0 Å². The van der Waals surface area contributed by atoms with Gasteiger partial charge in [0.05, 0.1) is 7.11 Å². The fourth-order valence-corrected chi connectivity index (χ4v) is 2.94. The van der Waals surface area contributed by atoms with E-state index in [1.54, 1.807) is 43.5 Å². The molecule has 0 radical (unpaired) electrons. The molecule has 0 spiro atoms. The summed E-state index contributed by atoms with van der Waals surface area (Å²) in [4.78, 5) is 31.5. The topological polar surface area (TPSA) is 99.1 Å². The standard InChI is InChI=1S/C9H8O3.C9H10O2.C8H8O2/c1-6(10)7-2-3-8-9(4-7)12-5-11-8;1-7-3-8(6-10)5-9(4-7)11-2;1-6-2-7(5-9)4-8(10)3-6/h2-4H,5H2,1H3;3-6H,1-2H3;2-5,10H,1H3. The summed E-state index contributed by atoms with van der Waals surface area (Å²) < 4.78 is 15.2. The van der Waals surface area contributed by atoms with Crippen LogP contribution in [0.4, 0.5) is 0 Å².